The lowest BCUT2D eigenvalue weighted by Gasteiger charge is -2.20. The molecule has 1 aliphatic rings. The summed E-state index contributed by atoms with van der Waals surface area (Å²) < 4.78 is 1.06. The van der Waals surface area contributed by atoms with E-state index in [4.69, 9.17) is 0 Å². The Bertz CT molecular complexity index is 416. The number of hydrogen-bond donors (Lipinski definition) is 1. The summed E-state index contributed by atoms with van der Waals surface area (Å²) in [7, 11) is 1.87. The first-order chi connectivity index (χ1) is 8.66. The summed E-state index contributed by atoms with van der Waals surface area (Å²) in [5.41, 5.74) is 1.15. The van der Waals surface area contributed by atoms with Crippen LogP contribution in [-0.4, -0.2) is 30.4 Å². The van der Waals surface area contributed by atoms with Gasteiger partial charge in [-0.25, -0.2) is 0 Å². The van der Waals surface area contributed by atoms with Crippen LogP contribution in [0.1, 0.15) is 24.8 Å². The molecule has 1 aliphatic heterocycles. The molecule has 1 unspecified atom stereocenters. The molecule has 0 aromatic heterocycles. The third kappa shape index (κ3) is 3.56. The van der Waals surface area contributed by atoms with Crippen LogP contribution in [0.15, 0.2) is 28.7 Å². The lowest BCUT2D eigenvalue weighted by molar-refractivity contribution is -0.130. The van der Waals surface area contributed by atoms with Crippen LogP contribution in [0.25, 0.3) is 0 Å². The van der Waals surface area contributed by atoms with Crippen molar-refractivity contribution in [1.29, 1.82) is 0 Å². The molecule has 1 amide bonds. The van der Waals surface area contributed by atoms with Gasteiger partial charge in [0, 0.05) is 30.5 Å². The van der Waals surface area contributed by atoms with Gasteiger partial charge in [0.1, 0.15) is 0 Å². The SMILES string of the molecule is CN(Cc1ccccc1Br)C(=O)CC1CCCN1. The zero-order chi connectivity index (χ0) is 13.0. The van der Waals surface area contributed by atoms with Crippen molar-refractivity contribution >= 4 is 21.8 Å². The molecule has 3 nitrogen and oxygen atoms in total. The topological polar surface area (TPSA) is 32.3 Å². The van der Waals surface area contributed by atoms with E-state index >= 15 is 0 Å². The number of carbonyl (C=O) groups excluding carboxylic acids is 1. The minimum atomic E-state index is 0.213. The highest BCUT2D eigenvalue weighted by atomic mass is 79.9. The maximum Gasteiger partial charge on any atom is 0.224 e. The lowest BCUT2D eigenvalue weighted by atomic mass is 10.1. The van der Waals surface area contributed by atoms with Gasteiger partial charge in [-0.05, 0) is 31.0 Å². The first kappa shape index (κ1) is 13.6. The van der Waals surface area contributed by atoms with Crippen molar-refractivity contribution in [3.8, 4) is 0 Å². The zero-order valence-electron chi connectivity index (χ0n) is 10.7. The Morgan fingerprint density at radius 1 is 1.50 bits per heavy atom. The Morgan fingerprint density at radius 2 is 2.28 bits per heavy atom. The van der Waals surface area contributed by atoms with Gasteiger partial charge in [0.25, 0.3) is 0 Å². The Hall–Kier alpha value is -0.870. The number of nitrogens with zero attached hydrogens (tertiary/aromatic N) is 1. The van der Waals surface area contributed by atoms with E-state index in [-0.39, 0.29) is 5.91 Å². The maximum atomic E-state index is 12.1. The molecule has 0 bridgehead atoms. The molecule has 0 saturated carbocycles. The van der Waals surface area contributed by atoms with Crippen LogP contribution in [0, 0.1) is 0 Å². The molecule has 2 rings (SSSR count). The predicted molar refractivity (Wildman–Crippen MR) is 76.3 cm³/mol. The summed E-state index contributed by atoms with van der Waals surface area (Å²) in [6.07, 6.45) is 2.92. The second-order valence-electron chi connectivity index (χ2n) is 4.84. The molecule has 18 heavy (non-hydrogen) atoms. The fourth-order valence-corrected chi connectivity index (χ4v) is 2.68. The second kappa shape index (κ2) is 6.34. The van der Waals surface area contributed by atoms with E-state index in [2.05, 4.69) is 21.2 Å². The predicted octanol–water partition coefficient (Wildman–Crippen LogP) is 2.55. The monoisotopic (exact) mass is 310 g/mol. The molecule has 0 spiro atoms. The Balaban J connectivity index is 1.89. The van der Waals surface area contributed by atoms with Gasteiger partial charge in [-0.2, -0.15) is 0 Å². The van der Waals surface area contributed by atoms with Gasteiger partial charge in [0.2, 0.25) is 5.91 Å². The van der Waals surface area contributed by atoms with Crippen LogP contribution in [0.4, 0.5) is 0 Å². The Labute approximate surface area is 117 Å². The lowest BCUT2D eigenvalue weighted by Crippen LogP contribution is -2.33. The van der Waals surface area contributed by atoms with Crippen LogP contribution >= 0.6 is 15.9 Å². The van der Waals surface area contributed by atoms with Gasteiger partial charge in [0.15, 0.2) is 0 Å². The second-order valence-corrected chi connectivity index (χ2v) is 5.69. The molecule has 1 aromatic rings. The highest BCUT2D eigenvalue weighted by Gasteiger charge is 2.20. The fourth-order valence-electron chi connectivity index (χ4n) is 2.27. The largest absolute Gasteiger partial charge is 0.341 e. The molecule has 1 fully saturated rings. The fraction of sp³-hybridized carbons (Fsp3) is 0.500. The summed E-state index contributed by atoms with van der Waals surface area (Å²) in [5.74, 6) is 0.213. The smallest absolute Gasteiger partial charge is 0.224 e. The number of halogens is 1. The standard InChI is InChI=1S/C14H19BrN2O/c1-17(10-11-5-2-3-7-13(11)15)14(18)9-12-6-4-8-16-12/h2-3,5,7,12,16H,4,6,8-10H2,1H3. The van der Waals surface area contributed by atoms with Crippen molar-refractivity contribution in [2.24, 2.45) is 0 Å². The van der Waals surface area contributed by atoms with Crippen molar-refractivity contribution in [3.05, 3.63) is 34.3 Å². The average Bonchev–Trinajstić information content (AvgIpc) is 2.84. The van der Waals surface area contributed by atoms with Gasteiger partial charge in [-0.3, -0.25) is 4.79 Å². The molecule has 1 heterocycles. The maximum absolute atomic E-state index is 12.1. The molecule has 98 valence electrons. The van der Waals surface area contributed by atoms with E-state index in [9.17, 15) is 4.79 Å². The minimum absolute atomic E-state index is 0.213. The average molecular weight is 311 g/mol. The molecule has 1 aromatic carbocycles. The van der Waals surface area contributed by atoms with E-state index in [1.165, 1.54) is 6.42 Å². The molecule has 0 radical (unpaired) electrons. The minimum Gasteiger partial charge on any atom is -0.341 e. The molecule has 1 atom stereocenters. The van der Waals surface area contributed by atoms with E-state index in [0.29, 0.717) is 19.0 Å². The van der Waals surface area contributed by atoms with Crippen LogP contribution in [0.5, 0.6) is 0 Å². The van der Waals surface area contributed by atoms with Gasteiger partial charge >= 0.3 is 0 Å². The first-order valence-electron chi connectivity index (χ1n) is 6.37. The normalized spacial score (nSPS) is 18.9. The Morgan fingerprint density at radius 3 is 2.94 bits per heavy atom. The highest BCUT2D eigenvalue weighted by molar-refractivity contribution is 9.10. The molecule has 4 heteroatoms. The molecular weight excluding hydrogens is 292 g/mol. The van der Waals surface area contributed by atoms with Gasteiger partial charge in [0.05, 0.1) is 0 Å². The summed E-state index contributed by atoms with van der Waals surface area (Å²) in [5, 5.41) is 3.36. The molecule has 1 N–H and O–H groups in total. The summed E-state index contributed by atoms with van der Waals surface area (Å²) in [6.45, 7) is 1.71. The number of nitrogens with one attached hydrogen (secondary N) is 1. The van der Waals surface area contributed by atoms with E-state index in [0.717, 1.165) is 23.0 Å². The number of hydrogen-bond acceptors (Lipinski definition) is 2. The Kier molecular flexibility index (Phi) is 4.78. The van der Waals surface area contributed by atoms with Crippen LogP contribution in [0.2, 0.25) is 0 Å². The van der Waals surface area contributed by atoms with Crippen molar-refractivity contribution < 1.29 is 4.79 Å². The quantitative estimate of drug-likeness (QED) is 0.927. The van der Waals surface area contributed by atoms with Gasteiger partial charge in [-0.1, -0.05) is 34.1 Å². The van der Waals surface area contributed by atoms with Gasteiger partial charge in [-0.15, -0.1) is 0 Å². The number of amides is 1. The van der Waals surface area contributed by atoms with Crippen molar-refractivity contribution in [2.45, 2.75) is 31.8 Å². The first-order valence-corrected chi connectivity index (χ1v) is 7.17. The van der Waals surface area contributed by atoms with E-state index < -0.39 is 0 Å². The third-order valence-electron chi connectivity index (χ3n) is 3.37. The van der Waals surface area contributed by atoms with Crippen molar-refractivity contribution in [3.63, 3.8) is 0 Å². The van der Waals surface area contributed by atoms with E-state index in [1.807, 2.05) is 31.3 Å². The van der Waals surface area contributed by atoms with Crippen LogP contribution in [-0.2, 0) is 11.3 Å². The third-order valence-corrected chi connectivity index (χ3v) is 4.15. The number of benzene rings is 1. The summed E-state index contributed by atoms with van der Waals surface area (Å²) in [6, 6.07) is 8.40. The van der Waals surface area contributed by atoms with Crippen LogP contribution < -0.4 is 5.32 Å². The van der Waals surface area contributed by atoms with E-state index in [1.54, 1.807) is 4.90 Å². The van der Waals surface area contributed by atoms with Crippen molar-refractivity contribution in [2.75, 3.05) is 13.6 Å². The summed E-state index contributed by atoms with van der Waals surface area (Å²) in [4.78, 5) is 13.9. The van der Waals surface area contributed by atoms with Gasteiger partial charge < -0.3 is 10.2 Å². The van der Waals surface area contributed by atoms with Crippen molar-refractivity contribution in [1.82, 2.24) is 10.2 Å². The number of rotatable bonds is 4. The molecule has 0 aliphatic carbocycles. The zero-order valence-corrected chi connectivity index (χ0v) is 12.2. The number of carbonyl (C=O) groups is 1. The highest BCUT2D eigenvalue weighted by Crippen LogP contribution is 2.18. The summed E-state index contributed by atoms with van der Waals surface area (Å²) >= 11 is 3.51. The molecular formula is C14H19BrN2O. The van der Waals surface area contributed by atoms with Crippen LogP contribution in [0.3, 0.4) is 0 Å². The molecule has 1 saturated heterocycles.